The smallest absolute Gasteiger partial charge is 0.146 e. The molecule has 0 amide bonds. The van der Waals surface area contributed by atoms with Gasteiger partial charge < -0.3 is 4.90 Å². The van der Waals surface area contributed by atoms with Crippen LogP contribution in [-0.2, 0) is 0 Å². The van der Waals surface area contributed by atoms with Crippen LogP contribution < -0.4 is 4.90 Å². The Kier molecular flexibility index (Phi) is 3.24. The Morgan fingerprint density at radius 2 is 1.83 bits per heavy atom. The number of pyridine rings is 1. The van der Waals surface area contributed by atoms with Crippen molar-refractivity contribution in [2.75, 3.05) is 19.0 Å². The largest absolute Gasteiger partial charge is 0.362 e. The van der Waals surface area contributed by atoms with Crippen LogP contribution in [0.4, 0.5) is 10.2 Å². The molecule has 18 heavy (non-hydrogen) atoms. The van der Waals surface area contributed by atoms with E-state index in [9.17, 15) is 4.39 Å². The van der Waals surface area contributed by atoms with E-state index < -0.39 is 0 Å². The van der Waals surface area contributed by atoms with Gasteiger partial charge in [-0.15, -0.1) is 0 Å². The van der Waals surface area contributed by atoms with Crippen molar-refractivity contribution in [2.45, 2.75) is 0 Å². The van der Waals surface area contributed by atoms with Crippen molar-refractivity contribution in [1.82, 2.24) is 4.98 Å². The van der Waals surface area contributed by atoms with Gasteiger partial charge >= 0.3 is 0 Å². The fourth-order valence-electron chi connectivity index (χ4n) is 1.70. The molecule has 2 rings (SSSR count). The maximum atomic E-state index is 12.8. The summed E-state index contributed by atoms with van der Waals surface area (Å²) in [6, 6.07) is 10.00. The molecule has 90 valence electrons. The van der Waals surface area contributed by atoms with Gasteiger partial charge in [0.25, 0.3) is 0 Å². The Bertz CT molecular complexity index is 597. The second kappa shape index (κ2) is 4.84. The van der Waals surface area contributed by atoms with Crippen molar-refractivity contribution in [3.8, 4) is 17.2 Å². The van der Waals surface area contributed by atoms with E-state index in [1.54, 1.807) is 29.3 Å². The van der Waals surface area contributed by atoms with E-state index in [1.165, 1.54) is 12.1 Å². The average molecular weight is 241 g/mol. The molecule has 0 saturated heterocycles. The van der Waals surface area contributed by atoms with Gasteiger partial charge in [0.1, 0.15) is 17.7 Å². The number of anilines is 1. The van der Waals surface area contributed by atoms with Crippen molar-refractivity contribution < 1.29 is 4.39 Å². The number of hydrogen-bond donors (Lipinski definition) is 0. The van der Waals surface area contributed by atoms with Gasteiger partial charge in [-0.3, -0.25) is 0 Å². The van der Waals surface area contributed by atoms with Crippen molar-refractivity contribution in [3.63, 3.8) is 0 Å². The van der Waals surface area contributed by atoms with E-state index in [2.05, 4.69) is 11.1 Å². The minimum absolute atomic E-state index is 0.280. The summed E-state index contributed by atoms with van der Waals surface area (Å²) in [6.07, 6.45) is 1.68. The summed E-state index contributed by atoms with van der Waals surface area (Å²) in [6.45, 7) is 0. The van der Waals surface area contributed by atoms with Crippen LogP contribution in [0.5, 0.6) is 0 Å². The van der Waals surface area contributed by atoms with E-state index in [-0.39, 0.29) is 5.82 Å². The first-order valence-electron chi connectivity index (χ1n) is 5.45. The Hall–Kier alpha value is -2.41. The fraction of sp³-hybridized carbons (Fsp3) is 0.143. The van der Waals surface area contributed by atoms with Crippen molar-refractivity contribution in [2.24, 2.45) is 0 Å². The normalized spacial score (nSPS) is 9.89. The quantitative estimate of drug-likeness (QED) is 0.811. The predicted octanol–water partition coefficient (Wildman–Crippen LogP) is 2.83. The Labute approximate surface area is 105 Å². The van der Waals surface area contributed by atoms with Gasteiger partial charge in [-0.05, 0) is 23.8 Å². The van der Waals surface area contributed by atoms with Crippen LogP contribution in [0.2, 0.25) is 0 Å². The minimum Gasteiger partial charge on any atom is -0.362 e. The minimum atomic E-state index is -0.280. The summed E-state index contributed by atoms with van der Waals surface area (Å²) in [5.41, 5.74) is 2.14. The molecule has 0 aliphatic heterocycles. The summed E-state index contributed by atoms with van der Waals surface area (Å²) in [5.74, 6) is 0.348. The van der Waals surface area contributed by atoms with Crippen LogP contribution in [0.25, 0.3) is 11.1 Å². The fourth-order valence-corrected chi connectivity index (χ4v) is 1.70. The molecule has 2 aromatic rings. The standard InChI is InChI=1S/C14H12FN3/c1-18(2)14-11(8-16)7-12(9-17-14)10-3-5-13(15)6-4-10/h3-7,9H,1-2H3. The molecule has 0 saturated carbocycles. The molecule has 3 nitrogen and oxygen atoms in total. The molecule has 1 heterocycles. The molecule has 0 spiro atoms. The number of benzene rings is 1. The number of aromatic nitrogens is 1. The summed E-state index contributed by atoms with van der Waals surface area (Å²) in [4.78, 5) is 6.04. The van der Waals surface area contributed by atoms with E-state index in [1.807, 2.05) is 14.1 Å². The van der Waals surface area contributed by atoms with Crippen LogP contribution in [0.1, 0.15) is 5.56 Å². The third-order valence-electron chi connectivity index (χ3n) is 2.59. The Balaban J connectivity index is 2.48. The number of rotatable bonds is 2. The molecule has 0 aliphatic rings. The van der Waals surface area contributed by atoms with Crippen LogP contribution in [0.15, 0.2) is 36.5 Å². The van der Waals surface area contributed by atoms with Crippen molar-refractivity contribution in [1.29, 1.82) is 5.26 Å². The molecule has 0 atom stereocenters. The van der Waals surface area contributed by atoms with Gasteiger partial charge in [0.05, 0.1) is 5.56 Å². The van der Waals surface area contributed by atoms with Crippen LogP contribution >= 0.6 is 0 Å². The van der Waals surface area contributed by atoms with Gasteiger partial charge in [0.2, 0.25) is 0 Å². The monoisotopic (exact) mass is 241 g/mol. The number of nitrogens with zero attached hydrogens (tertiary/aromatic N) is 3. The van der Waals surface area contributed by atoms with Crippen LogP contribution in [0.3, 0.4) is 0 Å². The second-order valence-corrected chi connectivity index (χ2v) is 4.11. The molecule has 0 radical (unpaired) electrons. The third kappa shape index (κ3) is 2.30. The molecule has 0 unspecified atom stereocenters. The molecule has 1 aromatic heterocycles. The molecule has 0 aliphatic carbocycles. The third-order valence-corrected chi connectivity index (χ3v) is 2.59. The van der Waals surface area contributed by atoms with Gasteiger partial charge in [0.15, 0.2) is 0 Å². The van der Waals surface area contributed by atoms with Gasteiger partial charge in [-0.2, -0.15) is 5.26 Å². The summed E-state index contributed by atoms with van der Waals surface area (Å²) < 4.78 is 12.8. The highest BCUT2D eigenvalue weighted by Gasteiger charge is 2.08. The first-order valence-corrected chi connectivity index (χ1v) is 5.45. The number of halogens is 1. The summed E-state index contributed by atoms with van der Waals surface area (Å²) in [7, 11) is 3.67. The molecule has 0 N–H and O–H groups in total. The average Bonchev–Trinajstić information content (AvgIpc) is 2.38. The van der Waals surface area contributed by atoms with Gasteiger partial charge in [0, 0.05) is 25.9 Å². The zero-order chi connectivity index (χ0) is 13.1. The SMILES string of the molecule is CN(C)c1ncc(-c2ccc(F)cc2)cc1C#N. The summed E-state index contributed by atoms with van der Waals surface area (Å²) in [5, 5.41) is 9.11. The van der Waals surface area contributed by atoms with E-state index in [4.69, 9.17) is 5.26 Å². The highest BCUT2D eigenvalue weighted by molar-refractivity contribution is 5.68. The van der Waals surface area contributed by atoms with E-state index in [0.29, 0.717) is 11.4 Å². The first kappa shape index (κ1) is 12.1. The highest BCUT2D eigenvalue weighted by atomic mass is 19.1. The van der Waals surface area contributed by atoms with E-state index in [0.717, 1.165) is 11.1 Å². The molecule has 0 fully saturated rings. The lowest BCUT2D eigenvalue weighted by molar-refractivity contribution is 0.628. The zero-order valence-corrected chi connectivity index (χ0v) is 10.2. The predicted molar refractivity (Wildman–Crippen MR) is 68.7 cm³/mol. The van der Waals surface area contributed by atoms with Crippen molar-refractivity contribution in [3.05, 3.63) is 47.9 Å². The van der Waals surface area contributed by atoms with E-state index >= 15 is 0 Å². The van der Waals surface area contributed by atoms with Gasteiger partial charge in [-0.1, -0.05) is 12.1 Å². The molecule has 1 aromatic carbocycles. The Morgan fingerprint density at radius 3 is 2.39 bits per heavy atom. The molecular formula is C14H12FN3. The highest BCUT2D eigenvalue weighted by Crippen LogP contribution is 2.23. The molecular weight excluding hydrogens is 229 g/mol. The zero-order valence-electron chi connectivity index (χ0n) is 10.2. The topological polar surface area (TPSA) is 39.9 Å². The Morgan fingerprint density at radius 1 is 1.17 bits per heavy atom. The lowest BCUT2D eigenvalue weighted by Gasteiger charge is -2.13. The van der Waals surface area contributed by atoms with Crippen molar-refractivity contribution >= 4 is 5.82 Å². The maximum absolute atomic E-state index is 12.8. The number of hydrogen-bond acceptors (Lipinski definition) is 3. The van der Waals surface area contributed by atoms with Crippen LogP contribution in [-0.4, -0.2) is 19.1 Å². The van der Waals surface area contributed by atoms with Crippen LogP contribution in [0, 0.1) is 17.1 Å². The maximum Gasteiger partial charge on any atom is 0.146 e. The first-order chi connectivity index (χ1) is 8.61. The lowest BCUT2D eigenvalue weighted by atomic mass is 10.1. The van der Waals surface area contributed by atoms with Gasteiger partial charge in [-0.25, -0.2) is 9.37 Å². The second-order valence-electron chi connectivity index (χ2n) is 4.11. The summed E-state index contributed by atoms with van der Waals surface area (Å²) >= 11 is 0. The molecule has 0 bridgehead atoms. The molecule has 4 heteroatoms. The lowest BCUT2D eigenvalue weighted by Crippen LogP contribution is -2.12. The number of nitriles is 1.